The van der Waals surface area contributed by atoms with Gasteiger partial charge < -0.3 is 14.0 Å². The minimum atomic E-state index is -0.501. The van der Waals surface area contributed by atoms with E-state index < -0.39 is 5.82 Å². The van der Waals surface area contributed by atoms with Crippen molar-refractivity contribution in [3.8, 4) is 5.75 Å². The van der Waals surface area contributed by atoms with Crippen LogP contribution in [0.1, 0.15) is 19.7 Å². The predicted octanol–water partition coefficient (Wildman–Crippen LogP) is 3.32. The van der Waals surface area contributed by atoms with Gasteiger partial charge in [-0.25, -0.2) is 4.39 Å². The molecule has 0 unspecified atom stereocenters. The van der Waals surface area contributed by atoms with Gasteiger partial charge in [-0.05, 0) is 26.0 Å². The number of carbonyl (C=O) groups is 1. The summed E-state index contributed by atoms with van der Waals surface area (Å²) in [4.78, 5) is 11.4. The van der Waals surface area contributed by atoms with E-state index in [0.717, 1.165) is 0 Å². The van der Waals surface area contributed by atoms with Crippen LogP contribution in [0.4, 0.5) is 4.39 Å². The number of rotatable bonds is 8. The van der Waals surface area contributed by atoms with Crippen LogP contribution in [0.2, 0.25) is 5.02 Å². The SMILES string of the molecule is CCOC(=O)CSc1nnc(COc2ccc(F)c(Cl)c2)n1CC. The lowest BCUT2D eigenvalue weighted by Crippen LogP contribution is -2.09. The molecule has 1 heterocycles. The molecule has 0 aliphatic carbocycles. The maximum atomic E-state index is 13.1. The molecule has 0 atom stereocenters. The lowest BCUT2D eigenvalue weighted by atomic mass is 10.3. The van der Waals surface area contributed by atoms with Gasteiger partial charge in [0.15, 0.2) is 11.0 Å². The number of carbonyl (C=O) groups excluding carboxylic acids is 1. The second kappa shape index (κ2) is 8.89. The lowest BCUT2D eigenvalue weighted by Gasteiger charge is -2.09. The van der Waals surface area contributed by atoms with Gasteiger partial charge in [0.25, 0.3) is 0 Å². The summed E-state index contributed by atoms with van der Waals surface area (Å²) < 4.78 is 25.4. The first-order valence-electron chi connectivity index (χ1n) is 7.33. The number of hydrogen-bond acceptors (Lipinski definition) is 6. The van der Waals surface area contributed by atoms with Gasteiger partial charge in [-0.1, -0.05) is 23.4 Å². The Kier molecular flexibility index (Phi) is 6.86. The number of esters is 1. The predicted molar refractivity (Wildman–Crippen MR) is 88.8 cm³/mol. The molecule has 0 amide bonds. The zero-order valence-corrected chi connectivity index (χ0v) is 14.9. The van der Waals surface area contributed by atoms with Gasteiger partial charge in [0.05, 0.1) is 17.4 Å². The summed E-state index contributed by atoms with van der Waals surface area (Å²) in [5.74, 6) is 0.405. The highest BCUT2D eigenvalue weighted by Gasteiger charge is 2.14. The van der Waals surface area contributed by atoms with Gasteiger partial charge in [0, 0.05) is 12.6 Å². The van der Waals surface area contributed by atoms with Crippen molar-refractivity contribution >= 4 is 29.3 Å². The Morgan fingerprint density at radius 2 is 2.17 bits per heavy atom. The molecule has 0 radical (unpaired) electrons. The van der Waals surface area contributed by atoms with Crippen molar-refractivity contribution in [3.63, 3.8) is 0 Å². The van der Waals surface area contributed by atoms with Crippen LogP contribution in [0.25, 0.3) is 0 Å². The fraction of sp³-hybridized carbons (Fsp3) is 0.400. The zero-order valence-electron chi connectivity index (χ0n) is 13.3. The fourth-order valence-electron chi connectivity index (χ4n) is 1.89. The zero-order chi connectivity index (χ0) is 17.5. The van der Waals surface area contributed by atoms with Crippen LogP contribution in [0.15, 0.2) is 23.4 Å². The minimum Gasteiger partial charge on any atom is -0.486 e. The smallest absolute Gasteiger partial charge is 0.316 e. The quantitative estimate of drug-likeness (QED) is 0.522. The standard InChI is InChI=1S/C15H17ClFN3O3S/c1-3-20-13(8-23-10-5-6-12(17)11(16)7-10)18-19-15(20)24-9-14(21)22-4-2/h5-7H,3-4,8-9H2,1-2H3. The molecule has 2 aromatic rings. The van der Waals surface area contributed by atoms with Crippen LogP contribution in [0.3, 0.4) is 0 Å². The van der Waals surface area contributed by atoms with Gasteiger partial charge in [0.1, 0.15) is 18.2 Å². The molecule has 6 nitrogen and oxygen atoms in total. The van der Waals surface area contributed by atoms with Gasteiger partial charge in [0.2, 0.25) is 0 Å². The fourth-order valence-corrected chi connectivity index (χ4v) is 2.88. The topological polar surface area (TPSA) is 66.2 Å². The lowest BCUT2D eigenvalue weighted by molar-refractivity contribution is -0.139. The molecular formula is C15H17ClFN3O3S. The average molecular weight is 374 g/mol. The Morgan fingerprint density at radius 3 is 2.83 bits per heavy atom. The van der Waals surface area contributed by atoms with E-state index in [1.807, 2.05) is 11.5 Å². The van der Waals surface area contributed by atoms with Crippen molar-refractivity contribution in [2.24, 2.45) is 0 Å². The maximum Gasteiger partial charge on any atom is 0.316 e. The largest absolute Gasteiger partial charge is 0.486 e. The molecule has 0 saturated heterocycles. The van der Waals surface area contributed by atoms with Crippen molar-refractivity contribution < 1.29 is 18.7 Å². The Hall–Kier alpha value is -1.80. The summed E-state index contributed by atoms with van der Waals surface area (Å²) in [6, 6.07) is 4.13. The third kappa shape index (κ3) is 4.85. The number of ether oxygens (including phenoxy) is 2. The van der Waals surface area contributed by atoms with Crippen LogP contribution in [0.5, 0.6) is 5.75 Å². The minimum absolute atomic E-state index is 0.00450. The molecule has 0 aliphatic rings. The summed E-state index contributed by atoms with van der Waals surface area (Å²) in [6.07, 6.45) is 0. The first-order valence-corrected chi connectivity index (χ1v) is 8.69. The first kappa shape index (κ1) is 18.5. The summed E-state index contributed by atoms with van der Waals surface area (Å²) in [5.41, 5.74) is 0. The number of thioether (sulfide) groups is 1. The van der Waals surface area contributed by atoms with E-state index in [2.05, 4.69) is 10.2 Å². The van der Waals surface area contributed by atoms with Crippen LogP contribution in [0, 0.1) is 5.82 Å². The number of nitrogens with zero attached hydrogens (tertiary/aromatic N) is 3. The van der Waals surface area contributed by atoms with Crippen LogP contribution >= 0.6 is 23.4 Å². The molecular weight excluding hydrogens is 357 g/mol. The highest BCUT2D eigenvalue weighted by molar-refractivity contribution is 7.99. The van der Waals surface area contributed by atoms with E-state index in [9.17, 15) is 9.18 Å². The number of halogens is 2. The molecule has 0 spiro atoms. The van der Waals surface area contributed by atoms with Gasteiger partial charge in [-0.2, -0.15) is 0 Å². The van der Waals surface area contributed by atoms with Crippen molar-refractivity contribution in [2.45, 2.75) is 32.2 Å². The monoisotopic (exact) mass is 373 g/mol. The molecule has 1 aromatic heterocycles. The van der Waals surface area contributed by atoms with Crippen molar-refractivity contribution in [3.05, 3.63) is 34.9 Å². The van der Waals surface area contributed by atoms with Crippen molar-refractivity contribution in [2.75, 3.05) is 12.4 Å². The second-order valence-corrected chi connectivity index (χ2v) is 5.95. The van der Waals surface area contributed by atoms with E-state index in [-0.39, 0.29) is 23.4 Å². The first-order chi connectivity index (χ1) is 11.5. The third-order valence-corrected chi connectivity index (χ3v) is 4.22. The van der Waals surface area contributed by atoms with E-state index >= 15 is 0 Å². The Morgan fingerprint density at radius 1 is 1.38 bits per heavy atom. The molecule has 24 heavy (non-hydrogen) atoms. The van der Waals surface area contributed by atoms with Gasteiger partial charge in [-0.3, -0.25) is 4.79 Å². The van der Waals surface area contributed by atoms with E-state index in [0.29, 0.717) is 29.9 Å². The van der Waals surface area contributed by atoms with E-state index in [4.69, 9.17) is 21.1 Å². The molecule has 0 N–H and O–H groups in total. The maximum absolute atomic E-state index is 13.1. The number of hydrogen-bond donors (Lipinski definition) is 0. The van der Waals surface area contributed by atoms with Gasteiger partial charge in [-0.15, -0.1) is 10.2 Å². The average Bonchev–Trinajstić information content (AvgIpc) is 2.96. The van der Waals surface area contributed by atoms with E-state index in [1.54, 1.807) is 6.92 Å². The highest BCUT2D eigenvalue weighted by Crippen LogP contribution is 2.22. The molecule has 0 aliphatic heterocycles. The Balaban J connectivity index is 2.00. The summed E-state index contributed by atoms with van der Waals surface area (Å²) in [7, 11) is 0. The molecule has 0 fully saturated rings. The molecule has 0 bridgehead atoms. The number of aromatic nitrogens is 3. The Bertz CT molecular complexity index is 711. The number of benzene rings is 1. The highest BCUT2D eigenvalue weighted by atomic mass is 35.5. The molecule has 2 rings (SSSR count). The normalized spacial score (nSPS) is 10.7. The van der Waals surface area contributed by atoms with Crippen LogP contribution in [-0.4, -0.2) is 33.1 Å². The Labute approximate surface area is 148 Å². The summed E-state index contributed by atoms with van der Waals surface area (Å²) in [6.45, 7) is 4.83. The molecule has 9 heteroatoms. The van der Waals surface area contributed by atoms with Crippen LogP contribution < -0.4 is 4.74 Å². The molecule has 1 aromatic carbocycles. The second-order valence-electron chi connectivity index (χ2n) is 4.60. The van der Waals surface area contributed by atoms with Crippen molar-refractivity contribution in [1.29, 1.82) is 0 Å². The molecule has 130 valence electrons. The van der Waals surface area contributed by atoms with Crippen molar-refractivity contribution in [1.82, 2.24) is 14.8 Å². The molecule has 0 saturated carbocycles. The summed E-state index contributed by atoms with van der Waals surface area (Å²) in [5, 5.41) is 8.75. The van der Waals surface area contributed by atoms with Gasteiger partial charge >= 0.3 is 5.97 Å². The third-order valence-electron chi connectivity index (χ3n) is 2.99. The van der Waals surface area contributed by atoms with Crippen LogP contribution in [-0.2, 0) is 22.7 Å². The van der Waals surface area contributed by atoms with E-state index in [1.165, 1.54) is 30.0 Å². The summed E-state index contributed by atoms with van der Waals surface area (Å²) >= 11 is 6.97.